The van der Waals surface area contributed by atoms with Crippen molar-refractivity contribution in [1.82, 2.24) is 10.6 Å². The molecule has 0 spiro atoms. The number of hydrogen-bond donors (Lipinski definition) is 2. The van der Waals surface area contributed by atoms with E-state index in [4.69, 9.17) is 0 Å². The summed E-state index contributed by atoms with van der Waals surface area (Å²) in [5.41, 5.74) is 2.29. The van der Waals surface area contributed by atoms with Gasteiger partial charge in [0.1, 0.15) is 6.54 Å². The third kappa shape index (κ3) is 4.86. The molecule has 1 amide bonds. The molecule has 0 fully saturated rings. The number of hydrogen-bond acceptors (Lipinski definition) is 2. The van der Waals surface area contributed by atoms with Crippen LogP contribution in [0.25, 0.3) is 0 Å². The van der Waals surface area contributed by atoms with Crippen molar-refractivity contribution in [1.29, 1.82) is 0 Å². The first-order valence-electron chi connectivity index (χ1n) is 7.66. The molecule has 1 aromatic carbocycles. The Balaban J connectivity index is 0.00000242. The van der Waals surface area contributed by atoms with Gasteiger partial charge in [-0.15, -0.1) is 24.0 Å². The molecule has 1 heterocycles. The predicted octanol–water partition coefficient (Wildman–Crippen LogP) is 2.16. The molecule has 0 atom stereocenters. The van der Waals surface area contributed by atoms with Crippen LogP contribution >= 0.6 is 24.0 Å². The van der Waals surface area contributed by atoms with Crippen molar-refractivity contribution in [3.63, 3.8) is 0 Å². The van der Waals surface area contributed by atoms with E-state index in [1.807, 2.05) is 36.9 Å². The summed E-state index contributed by atoms with van der Waals surface area (Å²) >= 11 is 0. The Hall–Kier alpha value is -1.31. The average Bonchev–Trinajstić information content (AvgIpc) is 2.52. The Morgan fingerprint density at radius 2 is 1.91 bits per heavy atom. The summed E-state index contributed by atoms with van der Waals surface area (Å²) in [6, 6.07) is 8.13. The van der Waals surface area contributed by atoms with Crippen LogP contribution in [0.3, 0.4) is 0 Å². The number of aliphatic imine (C=N–C) groups is 1. The first kappa shape index (κ1) is 18.7. The third-order valence-electron chi connectivity index (χ3n) is 3.47. The Kier molecular flexibility index (Phi) is 8.22. The second kappa shape index (κ2) is 9.66. The number of carbonyl (C=O) groups is 1. The predicted molar refractivity (Wildman–Crippen MR) is 102 cm³/mol. The molecular weight excluding hydrogens is 391 g/mol. The molecule has 0 saturated carbocycles. The maximum absolute atomic E-state index is 12.4. The molecule has 0 aromatic heterocycles. The van der Waals surface area contributed by atoms with Crippen molar-refractivity contribution in [3.8, 4) is 0 Å². The molecule has 6 heteroatoms. The average molecular weight is 416 g/mol. The fraction of sp³-hybridized carbons (Fsp3) is 0.500. The van der Waals surface area contributed by atoms with Crippen molar-refractivity contribution < 1.29 is 4.79 Å². The van der Waals surface area contributed by atoms with Crippen LogP contribution in [0.1, 0.15) is 25.8 Å². The number of anilines is 1. The summed E-state index contributed by atoms with van der Waals surface area (Å²) in [6.07, 6.45) is 2.06. The molecule has 1 aliphatic heterocycles. The summed E-state index contributed by atoms with van der Waals surface area (Å²) in [5, 5.41) is 6.26. The minimum absolute atomic E-state index is 0. The first-order chi connectivity index (χ1) is 10.3. The lowest BCUT2D eigenvalue weighted by atomic mass is 10.0. The van der Waals surface area contributed by atoms with Gasteiger partial charge in [-0.1, -0.05) is 18.2 Å². The minimum atomic E-state index is 0. The lowest BCUT2D eigenvalue weighted by molar-refractivity contribution is -0.117. The van der Waals surface area contributed by atoms with Gasteiger partial charge in [0, 0.05) is 25.3 Å². The fourth-order valence-corrected chi connectivity index (χ4v) is 2.53. The van der Waals surface area contributed by atoms with E-state index in [0.717, 1.165) is 38.2 Å². The number of para-hydroxylation sites is 1. The highest BCUT2D eigenvalue weighted by Gasteiger charge is 2.21. The standard InChI is InChI=1S/C16H24N4O.HI/c1-3-17-16(18-4-2)19-12-15(21)20-11-7-9-13-8-5-6-10-14(13)20;/h5-6,8,10H,3-4,7,9,11-12H2,1-2H3,(H2,17,18,19);1H. The largest absolute Gasteiger partial charge is 0.357 e. The van der Waals surface area contributed by atoms with E-state index in [1.54, 1.807) is 0 Å². The molecule has 0 radical (unpaired) electrons. The number of rotatable bonds is 4. The monoisotopic (exact) mass is 416 g/mol. The molecule has 5 nitrogen and oxygen atoms in total. The molecule has 0 aliphatic carbocycles. The molecule has 2 N–H and O–H groups in total. The number of nitrogens with zero attached hydrogens (tertiary/aromatic N) is 2. The zero-order valence-corrected chi connectivity index (χ0v) is 15.6. The second-order valence-corrected chi connectivity index (χ2v) is 5.00. The van der Waals surface area contributed by atoms with E-state index in [-0.39, 0.29) is 36.4 Å². The number of aryl methyl sites for hydroxylation is 1. The summed E-state index contributed by atoms with van der Waals surface area (Å²) in [7, 11) is 0. The highest BCUT2D eigenvalue weighted by Crippen LogP contribution is 2.26. The van der Waals surface area contributed by atoms with E-state index in [0.29, 0.717) is 5.96 Å². The quantitative estimate of drug-likeness (QED) is 0.450. The Labute approximate surface area is 149 Å². The first-order valence-corrected chi connectivity index (χ1v) is 7.66. The summed E-state index contributed by atoms with van der Waals surface area (Å²) in [6.45, 7) is 6.54. The van der Waals surface area contributed by atoms with Crippen LogP contribution in [0.15, 0.2) is 29.3 Å². The highest BCUT2D eigenvalue weighted by atomic mass is 127. The van der Waals surface area contributed by atoms with Crippen LogP contribution in [-0.2, 0) is 11.2 Å². The van der Waals surface area contributed by atoms with Crippen LogP contribution in [0.2, 0.25) is 0 Å². The molecule has 0 unspecified atom stereocenters. The van der Waals surface area contributed by atoms with Crippen molar-refractivity contribution in [3.05, 3.63) is 29.8 Å². The molecule has 22 heavy (non-hydrogen) atoms. The zero-order chi connectivity index (χ0) is 15.1. The van der Waals surface area contributed by atoms with E-state index >= 15 is 0 Å². The SMILES string of the molecule is CCNC(=NCC(=O)N1CCCc2ccccc21)NCC.I. The van der Waals surface area contributed by atoms with E-state index in [9.17, 15) is 4.79 Å². The number of carbonyl (C=O) groups excluding carboxylic acids is 1. The van der Waals surface area contributed by atoms with Gasteiger partial charge in [0.2, 0.25) is 5.91 Å². The normalized spacial score (nSPS) is 12.7. The van der Waals surface area contributed by atoms with Gasteiger partial charge in [0.05, 0.1) is 0 Å². The van der Waals surface area contributed by atoms with Gasteiger partial charge < -0.3 is 15.5 Å². The van der Waals surface area contributed by atoms with Crippen LogP contribution in [-0.4, -0.2) is 38.0 Å². The van der Waals surface area contributed by atoms with Gasteiger partial charge in [-0.2, -0.15) is 0 Å². The van der Waals surface area contributed by atoms with E-state index in [1.165, 1.54) is 5.56 Å². The van der Waals surface area contributed by atoms with Crippen LogP contribution in [0, 0.1) is 0 Å². The van der Waals surface area contributed by atoms with Gasteiger partial charge in [-0.3, -0.25) is 4.79 Å². The molecule has 0 bridgehead atoms. The summed E-state index contributed by atoms with van der Waals surface area (Å²) < 4.78 is 0. The Bertz CT molecular complexity index is 511. The van der Waals surface area contributed by atoms with Crippen molar-refractivity contribution in [2.75, 3.05) is 31.1 Å². The van der Waals surface area contributed by atoms with E-state index < -0.39 is 0 Å². The molecule has 122 valence electrons. The highest BCUT2D eigenvalue weighted by molar-refractivity contribution is 14.0. The topological polar surface area (TPSA) is 56.7 Å². The molecule has 0 saturated heterocycles. The third-order valence-corrected chi connectivity index (χ3v) is 3.47. The minimum Gasteiger partial charge on any atom is -0.357 e. The number of benzene rings is 1. The molecule has 1 aromatic rings. The van der Waals surface area contributed by atoms with Gasteiger partial charge in [0.15, 0.2) is 5.96 Å². The second-order valence-electron chi connectivity index (χ2n) is 5.00. The lowest BCUT2D eigenvalue weighted by Gasteiger charge is -2.29. The van der Waals surface area contributed by atoms with Crippen LogP contribution in [0.5, 0.6) is 0 Å². The number of guanidine groups is 1. The number of halogens is 1. The maximum Gasteiger partial charge on any atom is 0.248 e. The lowest BCUT2D eigenvalue weighted by Crippen LogP contribution is -2.40. The van der Waals surface area contributed by atoms with Crippen LogP contribution < -0.4 is 15.5 Å². The maximum atomic E-state index is 12.4. The molecule has 2 rings (SSSR count). The van der Waals surface area contributed by atoms with Crippen molar-refractivity contribution in [2.45, 2.75) is 26.7 Å². The number of fused-ring (bicyclic) bond motifs is 1. The van der Waals surface area contributed by atoms with Gasteiger partial charge in [-0.25, -0.2) is 4.99 Å². The Morgan fingerprint density at radius 1 is 1.23 bits per heavy atom. The van der Waals surface area contributed by atoms with Crippen molar-refractivity contribution in [2.24, 2.45) is 4.99 Å². The summed E-state index contributed by atoms with van der Waals surface area (Å²) in [4.78, 5) is 18.7. The van der Waals surface area contributed by atoms with E-state index in [2.05, 4.69) is 21.7 Å². The Morgan fingerprint density at radius 3 is 2.59 bits per heavy atom. The number of nitrogens with one attached hydrogen (secondary N) is 2. The number of amides is 1. The smallest absolute Gasteiger partial charge is 0.248 e. The van der Waals surface area contributed by atoms with Crippen LogP contribution in [0.4, 0.5) is 5.69 Å². The van der Waals surface area contributed by atoms with Gasteiger partial charge >= 0.3 is 0 Å². The van der Waals surface area contributed by atoms with Gasteiger partial charge in [0.25, 0.3) is 0 Å². The molecule has 1 aliphatic rings. The molecular formula is C16H25IN4O. The van der Waals surface area contributed by atoms with Crippen molar-refractivity contribution >= 4 is 41.5 Å². The summed E-state index contributed by atoms with van der Waals surface area (Å²) in [5.74, 6) is 0.745. The van der Waals surface area contributed by atoms with Gasteiger partial charge in [-0.05, 0) is 38.3 Å². The fourth-order valence-electron chi connectivity index (χ4n) is 2.53. The zero-order valence-electron chi connectivity index (χ0n) is 13.3.